The van der Waals surface area contributed by atoms with Gasteiger partial charge in [0.15, 0.2) is 5.69 Å². The number of sulfonamides is 1. The Morgan fingerprint density at radius 3 is 2.56 bits per heavy atom. The normalized spacial score (nSPS) is 24.9. The summed E-state index contributed by atoms with van der Waals surface area (Å²) in [6.45, 7) is 5.08. The molecule has 1 aromatic heterocycles. The third kappa shape index (κ3) is 2.11. The van der Waals surface area contributed by atoms with Gasteiger partial charge in [0.2, 0.25) is 10.0 Å². The van der Waals surface area contributed by atoms with Crippen LogP contribution in [-0.4, -0.2) is 30.8 Å². The van der Waals surface area contributed by atoms with Crippen molar-refractivity contribution in [2.75, 3.05) is 13.1 Å². The molecule has 18 heavy (non-hydrogen) atoms. The highest BCUT2D eigenvalue weighted by Gasteiger charge is 2.36. The van der Waals surface area contributed by atoms with E-state index in [2.05, 4.69) is 4.98 Å². The third-order valence-electron chi connectivity index (χ3n) is 3.45. The second-order valence-electron chi connectivity index (χ2n) is 4.74. The maximum atomic E-state index is 12.4. The average molecular weight is 265 g/mol. The summed E-state index contributed by atoms with van der Waals surface area (Å²) in [4.78, 5) is 3.81. The summed E-state index contributed by atoms with van der Waals surface area (Å²) in [6, 6.07) is 4.81. The maximum absolute atomic E-state index is 12.4. The number of rotatable bonds is 2. The fraction of sp³-hybridized carbons (Fsp3) is 0.500. The van der Waals surface area contributed by atoms with Crippen molar-refractivity contribution in [3.8, 4) is 6.07 Å². The summed E-state index contributed by atoms with van der Waals surface area (Å²) in [5.41, 5.74) is -0.0373. The van der Waals surface area contributed by atoms with E-state index >= 15 is 0 Å². The first-order valence-electron chi connectivity index (χ1n) is 5.82. The molecule has 2 heterocycles. The van der Waals surface area contributed by atoms with Crippen molar-refractivity contribution in [2.24, 2.45) is 11.8 Å². The summed E-state index contributed by atoms with van der Waals surface area (Å²) in [6.07, 6.45) is 1.42. The highest BCUT2D eigenvalue weighted by atomic mass is 32.2. The van der Waals surface area contributed by atoms with Crippen molar-refractivity contribution in [1.82, 2.24) is 9.29 Å². The molecule has 0 saturated carbocycles. The van der Waals surface area contributed by atoms with Gasteiger partial charge in [-0.25, -0.2) is 13.4 Å². The van der Waals surface area contributed by atoms with Crippen LogP contribution in [0.4, 0.5) is 0 Å². The van der Waals surface area contributed by atoms with Gasteiger partial charge in [-0.3, -0.25) is 0 Å². The van der Waals surface area contributed by atoms with Gasteiger partial charge in [-0.05, 0) is 24.0 Å². The minimum atomic E-state index is -3.60. The van der Waals surface area contributed by atoms with Gasteiger partial charge in [-0.1, -0.05) is 13.8 Å². The Labute approximate surface area is 107 Å². The Kier molecular flexibility index (Phi) is 3.37. The van der Waals surface area contributed by atoms with Crippen molar-refractivity contribution in [3.05, 3.63) is 24.0 Å². The van der Waals surface area contributed by atoms with Gasteiger partial charge in [0, 0.05) is 19.3 Å². The van der Waals surface area contributed by atoms with E-state index < -0.39 is 10.0 Å². The highest BCUT2D eigenvalue weighted by Crippen LogP contribution is 2.28. The maximum Gasteiger partial charge on any atom is 0.245 e. The number of hydrogen-bond donors (Lipinski definition) is 0. The van der Waals surface area contributed by atoms with Crippen molar-refractivity contribution in [1.29, 1.82) is 5.26 Å². The molecule has 2 atom stereocenters. The monoisotopic (exact) mass is 265 g/mol. The zero-order valence-corrected chi connectivity index (χ0v) is 11.2. The molecular weight excluding hydrogens is 250 g/mol. The Balaban J connectivity index is 2.41. The van der Waals surface area contributed by atoms with Crippen molar-refractivity contribution < 1.29 is 8.42 Å². The molecule has 6 heteroatoms. The van der Waals surface area contributed by atoms with Crippen molar-refractivity contribution in [2.45, 2.75) is 18.7 Å². The van der Waals surface area contributed by atoms with E-state index in [0.29, 0.717) is 24.9 Å². The van der Waals surface area contributed by atoms with E-state index in [1.54, 1.807) is 0 Å². The van der Waals surface area contributed by atoms with Crippen LogP contribution < -0.4 is 0 Å². The zero-order valence-electron chi connectivity index (χ0n) is 10.4. The summed E-state index contributed by atoms with van der Waals surface area (Å²) in [7, 11) is -3.60. The van der Waals surface area contributed by atoms with E-state index in [4.69, 9.17) is 5.26 Å². The van der Waals surface area contributed by atoms with E-state index in [-0.39, 0.29) is 10.6 Å². The molecule has 0 aromatic carbocycles. The lowest BCUT2D eigenvalue weighted by atomic mass is 10.0. The molecule has 0 spiro atoms. The number of pyridine rings is 1. The summed E-state index contributed by atoms with van der Waals surface area (Å²) in [5.74, 6) is 0.670. The van der Waals surface area contributed by atoms with Crippen molar-refractivity contribution >= 4 is 10.0 Å². The second-order valence-corrected chi connectivity index (χ2v) is 6.64. The molecule has 0 bridgehead atoms. The lowest BCUT2D eigenvalue weighted by Gasteiger charge is -2.16. The molecule has 0 amide bonds. The minimum absolute atomic E-state index is 0.00815. The minimum Gasteiger partial charge on any atom is -0.244 e. The van der Waals surface area contributed by atoms with Crippen LogP contribution in [0.3, 0.4) is 0 Å². The molecule has 1 saturated heterocycles. The van der Waals surface area contributed by atoms with Crippen LogP contribution in [0.1, 0.15) is 19.5 Å². The van der Waals surface area contributed by atoms with Gasteiger partial charge in [-0.2, -0.15) is 9.57 Å². The van der Waals surface area contributed by atoms with Gasteiger partial charge >= 0.3 is 0 Å². The average Bonchev–Trinajstić information content (AvgIpc) is 2.70. The highest BCUT2D eigenvalue weighted by molar-refractivity contribution is 7.89. The van der Waals surface area contributed by atoms with Crippen LogP contribution in [0.25, 0.3) is 0 Å². The smallest absolute Gasteiger partial charge is 0.244 e. The van der Waals surface area contributed by atoms with Crippen LogP contribution in [0.2, 0.25) is 0 Å². The first-order valence-corrected chi connectivity index (χ1v) is 7.26. The van der Waals surface area contributed by atoms with Gasteiger partial charge in [0.25, 0.3) is 0 Å². The van der Waals surface area contributed by atoms with Crippen LogP contribution in [0, 0.1) is 23.2 Å². The van der Waals surface area contributed by atoms with Crippen LogP contribution >= 0.6 is 0 Å². The Morgan fingerprint density at radius 1 is 1.39 bits per heavy atom. The fourth-order valence-corrected chi connectivity index (χ4v) is 3.83. The molecule has 1 fully saturated rings. The van der Waals surface area contributed by atoms with Crippen LogP contribution in [0.5, 0.6) is 0 Å². The van der Waals surface area contributed by atoms with E-state index in [1.807, 2.05) is 19.9 Å². The van der Waals surface area contributed by atoms with Crippen LogP contribution in [0.15, 0.2) is 23.2 Å². The predicted octanol–water partition coefficient (Wildman–Crippen LogP) is 1.23. The molecule has 0 aliphatic carbocycles. The number of aromatic nitrogens is 1. The second kappa shape index (κ2) is 4.67. The number of nitrogens with zero attached hydrogens (tertiary/aromatic N) is 3. The quantitative estimate of drug-likeness (QED) is 0.806. The lowest BCUT2D eigenvalue weighted by Crippen LogP contribution is -2.29. The Bertz CT molecular complexity index is 582. The fourth-order valence-electron chi connectivity index (χ4n) is 2.09. The topological polar surface area (TPSA) is 74.1 Å². The standard InChI is InChI=1S/C12H15N3O2S/c1-9-7-15(8-10(9)2)18(16,17)12-4-3-5-14-11(12)6-13/h3-5,9-10H,7-8H2,1-2H3. The van der Waals surface area contributed by atoms with E-state index in [9.17, 15) is 8.42 Å². The molecule has 1 aliphatic rings. The predicted molar refractivity (Wildman–Crippen MR) is 66.0 cm³/mol. The lowest BCUT2D eigenvalue weighted by molar-refractivity contribution is 0.463. The Morgan fingerprint density at radius 2 is 2.00 bits per heavy atom. The van der Waals surface area contributed by atoms with Gasteiger partial charge < -0.3 is 0 Å². The van der Waals surface area contributed by atoms with E-state index in [0.717, 1.165) is 0 Å². The summed E-state index contributed by atoms with van der Waals surface area (Å²) < 4.78 is 26.3. The van der Waals surface area contributed by atoms with Gasteiger partial charge in [0.05, 0.1) is 0 Å². The third-order valence-corrected chi connectivity index (χ3v) is 5.31. The molecule has 2 unspecified atom stereocenters. The van der Waals surface area contributed by atoms with E-state index in [1.165, 1.54) is 22.6 Å². The molecule has 1 aliphatic heterocycles. The molecule has 96 valence electrons. The van der Waals surface area contributed by atoms with Gasteiger partial charge in [0.1, 0.15) is 11.0 Å². The molecule has 0 N–H and O–H groups in total. The number of hydrogen-bond acceptors (Lipinski definition) is 4. The Hall–Kier alpha value is -1.45. The molecule has 0 radical (unpaired) electrons. The number of nitriles is 1. The van der Waals surface area contributed by atoms with Crippen LogP contribution in [-0.2, 0) is 10.0 Å². The summed E-state index contributed by atoms with van der Waals surface area (Å²) in [5, 5.41) is 8.93. The molecule has 5 nitrogen and oxygen atoms in total. The summed E-state index contributed by atoms with van der Waals surface area (Å²) >= 11 is 0. The first kappa shape index (κ1) is 13.0. The molecular formula is C12H15N3O2S. The SMILES string of the molecule is CC1CN(S(=O)(=O)c2cccnc2C#N)CC1C. The van der Waals surface area contributed by atoms with Crippen molar-refractivity contribution in [3.63, 3.8) is 0 Å². The first-order chi connectivity index (χ1) is 8.46. The van der Waals surface area contributed by atoms with Gasteiger partial charge in [-0.15, -0.1) is 0 Å². The molecule has 1 aromatic rings. The molecule has 2 rings (SSSR count). The zero-order chi connectivity index (χ0) is 13.3. The largest absolute Gasteiger partial charge is 0.245 e.